The molecule has 7 nitrogen and oxygen atoms in total. The van der Waals surface area contributed by atoms with Gasteiger partial charge in [0.25, 0.3) is 0 Å². The average molecular weight is 485 g/mol. The Bertz CT molecular complexity index is 1280. The SMILES string of the molecule is COc1ccc(-n2c(SCC(=O)Nc3cccc(C(F)(F)F)c3)nnc2-c2ccncc2)cc1. The number of pyridine rings is 1. The highest BCUT2D eigenvalue weighted by atomic mass is 32.2. The van der Waals surface area contributed by atoms with Gasteiger partial charge in [-0.05, 0) is 54.6 Å². The summed E-state index contributed by atoms with van der Waals surface area (Å²) in [6.45, 7) is 0. The fourth-order valence-electron chi connectivity index (χ4n) is 3.12. The third-order valence-electron chi connectivity index (χ3n) is 4.71. The molecule has 0 atom stereocenters. The van der Waals surface area contributed by atoms with Gasteiger partial charge in [0, 0.05) is 29.3 Å². The molecule has 174 valence electrons. The van der Waals surface area contributed by atoms with E-state index in [1.54, 1.807) is 48.3 Å². The van der Waals surface area contributed by atoms with Crippen LogP contribution in [0, 0.1) is 0 Å². The minimum Gasteiger partial charge on any atom is -0.497 e. The smallest absolute Gasteiger partial charge is 0.416 e. The van der Waals surface area contributed by atoms with Crippen LogP contribution in [0.15, 0.2) is 78.2 Å². The number of amides is 1. The maximum Gasteiger partial charge on any atom is 0.416 e. The average Bonchev–Trinajstić information content (AvgIpc) is 3.27. The molecule has 2 heterocycles. The fraction of sp³-hybridized carbons (Fsp3) is 0.130. The zero-order valence-corrected chi connectivity index (χ0v) is 18.6. The minimum absolute atomic E-state index is 0.0644. The van der Waals surface area contributed by atoms with E-state index in [2.05, 4.69) is 20.5 Å². The van der Waals surface area contributed by atoms with Crippen LogP contribution < -0.4 is 10.1 Å². The quantitative estimate of drug-likeness (QED) is 0.368. The Morgan fingerprint density at radius 3 is 2.47 bits per heavy atom. The molecule has 0 bridgehead atoms. The van der Waals surface area contributed by atoms with Gasteiger partial charge >= 0.3 is 6.18 Å². The zero-order valence-electron chi connectivity index (χ0n) is 17.8. The van der Waals surface area contributed by atoms with E-state index in [-0.39, 0.29) is 11.4 Å². The minimum atomic E-state index is -4.49. The Labute approximate surface area is 197 Å². The molecule has 2 aromatic carbocycles. The molecule has 4 aromatic rings. The zero-order chi connectivity index (χ0) is 24.1. The van der Waals surface area contributed by atoms with Gasteiger partial charge in [0.15, 0.2) is 11.0 Å². The molecule has 0 radical (unpaired) electrons. The van der Waals surface area contributed by atoms with Crippen LogP contribution in [0.2, 0.25) is 0 Å². The van der Waals surface area contributed by atoms with Crippen molar-refractivity contribution in [2.75, 3.05) is 18.2 Å². The number of halogens is 3. The first-order chi connectivity index (χ1) is 16.3. The lowest BCUT2D eigenvalue weighted by Gasteiger charge is -2.12. The Hall–Kier alpha value is -3.86. The van der Waals surface area contributed by atoms with E-state index < -0.39 is 17.6 Å². The summed E-state index contributed by atoms with van der Waals surface area (Å²) in [5.41, 5.74) is 0.755. The number of anilines is 1. The van der Waals surface area contributed by atoms with Crippen LogP contribution >= 0.6 is 11.8 Å². The molecule has 0 aliphatic heterocycles. The lowest BCUT2D eigenvalue weighted by atomic mass is 10.2. The summed E-state index contributed by atoms with van der Waals surface area (Å²) in [7, 11) is 1.57. The number of nitrogens with zero attached hydrogens (tertiary/aromatic N) is 4. The van der Waals surface area contributed by atoms with E-state index in [0.717, 1.165) is 35.1 Å². The molecule has 1 N–H and O–H groups in total. The molecule has 0 fully saturated rings. The molecular formula is C23H18F3N5O2S. The van der Waals surface area contributed by atoms with Crippen LogP contribution in [0.5, 0.6) is 5.75 Å². The first-order valence-corrected chi connectivity index (χ1v) is 10.9. The highest BCUT2D eigenvalue weighted by Gasteiger charge is 2.30. The summed E-state index contributed by atoms with van der Waals surface area (Å²) < 4.78 is 45.8. The van der Waals surface area contributed by atoms with Crippen molar-refractivity contribution in [3.8, 4) is 22.8 Å². The third-order valence-corrected chi connectivity index (χ3v) is 5.64. The summed E-state index contributed by atoms with van der Waals surface area (Å²) in [5.74, 6) is 0.672. The third kappa shape index (κ3) is 5.37. The second-order valence-corrected chi connectivity index (χ2v) is 7.93. The second-order valence-electron chi connectivity index (χ2n) is 6.99. The van der Waals surface area contributed by atoms with Crippen LogP contribution in [0.25, 0.3) is 17.1 Å². The number of methoxy groups -OCH3 is 1. The van der Waals surface area contributed by atoms with Crippen LogP contribution in [0.4, 0.5) is 18.9 Å². The van der Waals surface area contributed by atoms with Crippen molar-refractivity contribution < 1.29 is 22.7 Å². The Kier molecular flexibility index (Phi) is 6.82. The predicted octanol–water partition coefficient (Wildman–Crippen LogP) is 5.09. The molecule has 0 saturated carbocycles. The van der Waals surface area contributed by atoms with Crippen molar-refractivity contribution in [2.24, 2.45) is 0 Å². The van der Waals surface area contributed by atoms with Gasteiger partial charge in [0.1, 0.15) is 5.75 Å². The molecule has 0 spiro atoms. The number of carbonyl (C=O) groups is 1. The van der Waals surface area contributed by atoms with E-state index in [0.29, 0.717) is 16.7 Å². The van der Waals surface area contributed by atoms with Crippen molar-refractivity contribution in [1.29, 1.82) is 0 Å². The standard InChI is InChI=1S/C23H18F3N5O2S/c1-33-19-7-5-18(6-8-19)31-21(15-9-11-27-12-10-15)29-30-22(31)34-14-20(32)28-17-4-2-3-16(13-17)23(24,25)26/h2-13H,14H2,1H3,(H,28,32). The van der Waals surface area contributed by atoms with E-state index in [9.17, 15) is 18.0 Å². The maximum atomic E-state index is 12.9. The molecule has 0 aliphatic carbocycles. The fourth-order valence-corrected chi connectivity index (χ4v) is 3.87. The van der Waals surface area contributed by atoms with Crippen molar-refractivity contribution in [1.82, 2.24) is 19.7 Å². The molecule has 1 amide bonds. The Morgan fingerprint density at radius 2 is 1.79 bits per heavy atom. The van der Waals surface area contributed by atoms with Gasteiger partial charge in [-0.1, -0.05) is 17.8 Å². The number of thioether (sulfide) groups is 1. The molecule has 0 unspecified atom stereocenters. The van der Waals surface area contributed by atoms with E-state index in [1.807, 2.05) is 12.1 Å². The van der Waals surface area contributed by atoms with Gasteiger partial charge in [-0.25, -0.2) is 0 Å². The van der Waals surface area contributed by atoms with Crippen LogP contribution in [0.3, 0.4) is 0 Å². The van der Waals surface area contributed by atoms with Crippen LogP contribution in [-0.4, -0.2) is 38.5 Å². The highest BCUT2D eigenvalue weighted by molar-refractivity contribution is 7.99. The van der Waals surface area contributed by atoms with Crippen LogP contribution in [0.1, 0.15) is 5.56 Å². The first-order valence-electron chi connectivity index (χ1n) is 9.95. The van der Waals surface area contributed by atoms with E-state index >= 15 is 0 Å². The molecule has 11 heteroatoms. The second kappa shape index (κ2) is 9.96. The lowest BCUT2D eigenvalue weighted by molar-refractivity contribution is -0.137. The summed E-state index contributed by atoms with van der Waals surface area (Å²) in [4.78, 5) is 16.5. The summed E-state index contributed by atoms with van der Waals surface area (Å²) >= 11 is 1.11. The molecule has 0 aliphatic rings. The number of carbonyl (C=O) groups excluding carboxylic acids is 1. The highest BCUT2D eigenvalue weighted by Crippen LogP contribution is 2.31. The number of alkyl halides is 3. The van der Waals surface area contributed by atoms with Crippen molar-refractivity contribution >= 4 is 23.4 Å². The molecule has 4 rings (SSSR count). The van der Waals surface area contributed by atoms with E-state index in [1.165, 1.54) is 12.1 Å². The largest absolute Gasteiger partial charge is 0.497 e. The van der Waals surface area contributed by atoms with Gasteiger partial charge in [0.2, 0.25) is 5.91 Å². The van der Waals surface area contributed by atoms with E-state index in [4.69, 9.17) is 4.74 Å². The number of benzene rings is 2. The van der Waals surface area contributed by atoms with Gasteiger partial charge in [0.05, 0.1) is 18.4 Å². The number of aromatic nitrogens is 4. The topological polar surface area (TPSA) is 81.9 Å². The number of nitrogens with one attached hydrogen (secondary N) is 1. The normalized spacial score (nSPS) is 11.3. The van der Waals surface area contributed by atoms with Crippen molar-refractivity contribution in [2.45, 2.75) is 11.3 Å². The maximum absolute atomic E-state index is 12.9. The monoisotopic (exact) mass is 485 g/mol. The predicted molar refractivity (Wildman–Crippen MR) is 122 cm³/mol. The molecule has 34 heavy (non-hydrogen) atoms. The molecule has 2 aromatic heterocycles. The first kappa shape index (κ1) is 23.3. The summed E-state index contributed by atoms with van der Waals surface area (Å²) in [6, 6.07) is 15.3. The Balaban J connectivity index is 1.56. The number of hydrogen-bond donors (Lipinski definition) is 1. The Morgan fingerprint density at radius 1 is 1.06 bits per heavy atom. The van der Waals surface area contributed by atoms with Gasteiger partial charge < -0.3 is 10.1 Å². The van der Waals surface area contributed by atoms with Crippen LogP contribution in [-0.2, 0) is 11.0 Å². The number of ether oxygens (including phenoxy) is 1. The lowest BCUT2D eigenvalue weighted by Crippen LogP contribution is -2.15. The number of rotatable bonds is 7. The molecule has 0 saturated heterocycles. The summed E-state index contributed by atoms with van der Waals surface area (Å²) in [5, 5.41) is 11.5. The van der Waals surface area contributed by atoms with Crippen molar-refractivity contribution in [3.63, 3.8) is 0 Å². The molecular weight excluding hydrogens is 467 g/mol. The summed E-state index contributed by atoms with van der Waals surface area (Å²) in [6.07, 6.45) is -1.22. The van der Waals surface area contributed by atoms with Crippen molar-refractivity contribution in [3.05, 3.63) is 78.6 Å². The van der Waals surface area contributed by atoms with Gasteiger partial charge in [-0.3, -0.25) is 14.3 Å². The number of hydrogen-bond acceptors (Lipinski definition) is 6. The van der Waals surface area contributed by atoms with Gasteiger partial charge in [-0.15, -0.1) is 10.2 Å². The van der Waals surface area contributed by atoms with Gasteiger partial charge in [-0.2, -0.15) is 13.2 Å².